The van der Waals surface area contributed by atoms with E-state index in [1.807, 2.05) is 6.08 Å². The highest BCUT2D eigenvalue weighted by Crippen LogP contribution is 2.18. The first-order valence-corrected chi connectivity index (χ1v) is 33.3. The van der Waals surface area contributed by atoms with E-state index in [0.717, 1.165) is 51.4 Å². The quantitative estimate of drug-likeness (QED) is 0.0320. The Morgan fingerprint density at radius 2 is 0.676 bits per heavy atom. The first kappa shape index (κ1) is 72.1. The molecule has 0 rings (SSSR count). The highest BCUT2D eigenvalue weighted by molar-refractivity contribution is 5.76. The second-order valence-electron chi connectivity index (χ2n) is 22.8. The predicted molar refractivity (Wildman–Crippen MR) is 324 cm³/mol. The van der Waals surface area contributed by atoms with Crippen LogP contribution in [-0.2, 0) is 14.3 Å². The molecule has 0 saturated heterocycles. The third kappa shape index (κ3) is 59.3. The number of allylic oxidation sites excluding steroid dienone is 5. The van der Waals surface area contributed by atoms with Gasteiger partial charge in [0.2, 0.25) is 5.91 Å². The molecule has 0 spiro atoms. The fourth-order valence-corrected chi connectivity index (χ4v) is 10.3. The summed E-state index contributed by atoms with van der Waals surface area (Å²) in [5, 5.41) is 23.3. The molecule has 0 aliphatic heterocycles. The van der Waals surface area contributed by atoms with Gasteiger partial charge >= 0.3 is 5.97 Å². The van der Waals surface area contributed by atoms with Gasteiger partial charge in [-0.2, -0.15) is 0 Å². The first-order valence-electron chi connectivity index (χ1n) is 33.3. The van der Waals surface area contributed by atoms with E-state index in [4.69, 9.17) is 4.74 Å². The molecular weight excluding hydrogens is 911 g/mol. The molecule has 6 heteroatoms. The molecule has 0 bridgehead atoms. The standard InChI is InChI=1S/C68H129NO5/c1-3-5-7-9-11-13-15-17-19-21-22-23-24-25-26-27-29-32-36-40-44-48-52-56-60-66(71)65(64-70)69-67(72)61-57-53-49-45-41-37-33-30-28-31-35-39-43-47-51-55-59-63-74-68(73)62-58-54-50-46-42-38-34-20-18-16-14-12-10-8-6-4-2/h14,16,20,34,56,60,65-66,70-71H,3-13,15,17-19,21-33,35-55,57-59,61-64H2,1-2H3,(H,69,72)/b16-14-,34-20-,60-56+. The number of carbonyl (C=O) groups is 2. The van der Waals surface area contributed by atoms with Gasteiger partial charge in [-0.05, 0) is 64.2 Å². The summed E-state index contributed by atoms with van der Waals surface area (Å²) in [6, 6.07) is -0.634. The lowest BCUT2D eigenvalue weighted by Gasteiger charge is -2.20. The van der Waals surface area contributed by atoms with E-state index in [2.05, 4.69) is 43.5 Å². The minimum Gasteiger partial charge on any atom is -0.466 e. The summed E-state index contributed by atoms with van der Waals surface area (Å²) in [5.74, 6) is -0.0787. The van der Waals surface area contributed by atoms with Gasteiger partial charge in [-0.25, -0.2) is 0 Å². The number of unbranched alkanes of at least 4 members (excludes halogenated alkanes) is 47. The van der Waals surface area contributed by atoms with E-state index in [1.54, 1.807) is 6.08 Å². The zero-order valence-electron chi connectivity index (χ0n) is 49.8. The summed E-state index contributed by atoms with van der Waals surface area (Å²) in [6.45, 7) is 4.90. The predicted octanol–water partition coefficient (Wildman–Crippen LogP) is 21.1. The zero-order valence-corrected chi connectivity index (χ0v) is 49.8. The Hall–Kier alpha value is -1.92. The lowest BCUT2D eigenvalue weighted by Crippen LogP contribution is -2.45. The van der Waals surface area contributed by atoms with Gasteiger partial charge in [0, 0.05) is 12.8 Å². The number of nitrogens with one attached hydrogen (secondary N) is 1. The molecule has 1 amide bonds. The summed E-state index contributed by atoms with van der Waals surface area (Å²) >= 11 is 0. The van der Waals surface area contributed by atoms with Gasteiger partial charge in [0.05, 0.1) is 25.4 Å². The van der Waals surface area contributed by atoms with Crippen LogP contribution < -0.4 is 5.32 Å². The van der Waals surface area contributed by atoms with Crippen molar-refractivity contribution in [2.24, 2.45) is 0 Å². The van der Waals surface area contributed by atoms with Gasteiger partial charge in [-0.3, -0.25) is 9.59 Å². The van der Waals surface area contributed by atoms with E-state index in [9.17, 15) is 19.8 Å². The van der Waals surface area contributed by atoms with Gasteiger partial charge in [-0.15, -0.1) is 0 Å². The molecule has 0 saturated carbocycles. The Bertz CT molecular complexity index is 1200. The van der Waals surface area contributed by atoms with Gasteiger partial charge in [0.25, 0.3) is 0 Å². The second-order valence-corrected chi connectivity index (χ2v) is 22.8. The summed E-state index contributed by atoms with van der Waals surface area (Å²) in [4.78, 5) is 24.6. The average molecular weight is 1040 g/mol. The van der Waals surface area contributed by atoms with Crippen LogP contribution >= 0.6 is 0 Å². The fourth-order valence-electron chi connectivity index (χ4n) is 10.3. The third-order valence-electron chi connectivity index (χ3n) is 15.4. The third-order valence-corrected chi connectivity index (χ3v) is 15.4. The lowest BCUT2D eigenvalue weighted by molar-refractivity contribution is -0.143. The molecule has 74 heavy (non-hydrogen) atoms. The van der Waals surface area contributed by atoms with Crippen LogP contribution in [0.5, 0.6) is 0 Å². The van der Waals surface area contributed by atoms with Crippen molar-refractivity contribution in [2.45, 2.75) is 373 Å². The average Bonchev–Trinajstić information content (AvgIpc) is 3.40. The molecule has 0 aliphatic rings. The number of aliphatic hydroxyl groups is 2. The Morgan fingerprint density at radius 3 is 1.04 bits per heavy atom. The number of carbonyl (C=O) groups excluding carboxylic acids is 2. The van der Waals surface area contributed by atoms with Crippen LogP contribution in [0.3, 0.4) is 0 Å². The van der Waals surface area contributed by atoms with Crippen LogP contribution in [0.1, 0.15) is 361 Å². The zero-order chi connectivity index (χ0) is 53.6. The van der Waals surface area contributed by atoms with E-state index in [1.165, 1.54) is 283 Å². The van der Waals surface area contributed by atoms with Crippen molar-refractivity contribution in [3.8, 4) is 0 Å². The summed E-state index contributed by atoms with van der Waals surface area (Å²) in [7, 11) is 0. The van der Waals surface area contributed by atoms with Gasteiger partial charge in [0.15, 0.2) is 0 Å². The van der Waals surface area contributed by atoms with Gasteiger partial charge < -0.3 is 20.3 Å². The molecule has 0 heterocycles. The topological polar surface area (TPSA) is 95.9 Å². The van der Waals surface area contributed by atoms with Crippen molar-refractivity contribution < 1.29 is 24.5 Å². The van der Waals surface area contributed by atoms with Crippen LogP contribution in [0.25, 0.3) is 0 Å². The number of hydrogen-bond donors (Lipinski definition) is 3. The first-order chi connectivity index (χ1) is 36.5. The number of esters is 1. The maximum absolute atomic E-state index is 12.5. The second kappa shape index (κ2) is 63.6. The van der Waals surface area contributed by atoms with Crippen molar-refractivity contribution >= 4 is 11.9 Å². The van der Waals surface area contributed by atoms with E-state index in [0.29, 0.717) is 19.4 Å². The molecule has 0 aromatic rings. The largest absolute Gasteiger partial charge is 0.466 e. The van der Waals surface area contributed by atoms with Crippen LogP contribution in [0.2, 0.25) is 0 Å². The monoisotopic (exact) mass is 1040 g/mol. The SMILES string of the molecule is CCCCCC/C=C\C/C=C\CCCCCCCC(=O)OCCCCCCCCCCCCCCCCCCCC(=O)NC(CO)C(O)/C=C/CCCCCCCCCCCCCCCCCCCCCCCC. The molecule has 2 unspecified atom stereocenters. The number of aliphatic hydroxyl groups excluding tert-OH is 2. The van der Waals surface area contributed by atoms with Crippen molar-refractivity contribution in [3.05, 3.63) is 36.5 Å². The van der Waals surface area contributed by atoms with Crippen LogP contribution in [0.15, 0.2) is 36.5 Å². The summed E-state index contributed by atoms with van der Waals surface area (Å²) in [5.41, 5.74) is 0. The summed E-state index contributed by atoms with van der Waals surface area (Å²) < 4.78 is 5.48. The molecule has 0 aliphatic carbocycles. The molecule has 2 atom stereocenters. The van der Waals surface area contributed by atoms with Crippen LogP contribution in [0, 0.1) is 0 Å². The van der Waals surface area contributed by atoms with Crippen molar-refractivity contribution in [1.82, 2.24) is 5.32 Å². The molecule has 0 fully saturated rings. The highest BCUT2D eigenvalue weighted by Gasteiger charge is 2.18. The molecule has 0 radical (unpaired) electrons. The van der Waals surface area contributed by atoms with E-state index in [-0.39, 0.29) is 18.5 Å². The molecule has 0 aromatic heterocycles. The minimum atomic E-state index is -0.850. The smallest absolute Gasteiger partial charge is 0.305 e. The number of hydrogen-bond acceptors (Lipinski definition) is 5. The van der Waals surface area contributed by atoms with Crippen molar-refractivity contribution in [3.63, 3.8) is 0 Å². The lowest BCUT2D eigenvalue weighted by atomic mass is 10.0. The molecule has 6 nitrogen and oxygen atoms in total. The fraction of sp³-hybridized carbons (Fsp3) is 0.882. The van der Waals surface area contributed by atoms with Crippen LogP contribution in [0.4, 0.5) is 0 Å². The highest BCUT2D eigenvalue weighted by atomic mass is 16.5. The molecule has 436 valence electrons. The Balaban J connectivity index is 3.45. The Labute approximate surface area is 462 Å². The van der Waals surface area contributed by atoms with E-state index < -0.39 is 12.1 Å². The van der Waals surface area contributed by atoms with E-state index >= 15 is 0 Å². The number of ether oxygens (including phenoxy) is 1. The molecule has 0 aromatic carbocycles. The minimum absolute atomic E-state index is 0.00839. The Morgan fingerprint density at radius 1 is 0.378 bits per heavy atom. The van der Waals surface area contributed by atoms with Gasteiger partial charge in [0.1, 0.15) is 0 Å². The number of rotatable bonds is 62. The normalized spacial score (nSPS) is 12.8. The molecular formula is C68H129NO5. The number of amides is 1. The van der Waals surface area contributed by atoms with Crippen LogP contribution in [-0.4, -0.2) is 47.4 Å². The van der Waals surface area contributed by atoms with Crippen molar-refractivity contribution in [2.75, 3.05) is 13.2 Å². The maximum Gasteiger partial charge on any atom is 0.305 e. The molecule has 3 N–H and O–H groups in total. The maximum atomic E-state index is 12.5. The Kier molecular flexibility index (Phi) is 62.0. The van der Waals surface area contributed by atoms with Crippen molar-refractivity contribution in [1.29, 1.82) is 0 Å². The summed E-state index contributed by atoms with van der Waals surface area (Å²) in [6.07, 6.45) is 80.5. The van der Waals surface area contributed by atoms with Gasteiger partial charge in [-0.1, -0.05) is 320 Å².